The highest BCUT2D eigenvalue weighted by Crippen LogP contribution is 2.60. The van der Waals surface area contributed by atoms with Gasteiger partial charge >= 0.3 is 0 Å². The third-order valence-electron chi connectivity index (χ3n) is 5.89. The molecule has 0 aromatic heterocycles. The van der Waals surface area contributed by atoms with Gasteiger partial charge in [-0.05, 0) is 56.0 Å². The Labute approximate surface area is 151 Å². The van der Waals surface area contributed by atoms with Gasteiger partial charge in [0.15, 0.2) is 5.60 Å². The maximum atomic E-state index is 6.52. The van der Waals surface area contributed by atoms with Crippen LogP contribution in [0.2, 0.25) is 0 Å². The van der Waals surface area contributed by atoms with Crippen molar-refractivity contribution in [1.82, 2.24) is 0 Å². The first-order chi connectivity index (χ1) is 11.3. The standard InChI is InChI=1S/C20H23BrO3/c1-17(2)10-6-11-18(3)20(17)14-13-19(22-18,23-24-20)12-9-15-7-4-5-8-16(15)21/h4-5,7-9,12-14H,6,10-11H2,1-3H3/b12-9+/t18-,19-,20?/m0/s1. The fourth-order valence-electron chi connectivity index (χ4n) is 4.44. The van der Waals surface area contributed by atoms with Crippen LogP contribution in [0.15, 0.2) is 47.0 Å². The number of hydrogen-bond acceptors (Lipinski definition) is 3. The van der Waals surface area contributed by atoms with E-state index in [-0.39, 0.29) is 11.0 Å². The summed E-state index contributed by atoms with van der Waals surface area (Å²) in [7, 11) is 0. The van der Waals surface area contributed by atoms with Crippen molar-refractivity contribution in [3.8, 4) is 0 Å². The summed E-state index contributed by atoms with van der Waals surface area (Å²) in [4.78, 5) is 11.8. The highest BCUT2D eigenvalue weighted by Gasteiger charge is 2.68. The van der Waals surface area contributed by atoms with E-state index < -0.39 is 11.4 Å². The molecular formula is C20H23BrO3. The van der Waals surface area contributed by atoms with Gasteiger partial charge in [0, 0.05) is 9.89 Å². The van der Waals surface area contributed by atoms with Crippen LogP contribution < -0.4 is 0 Å². The molecule has 1 saturated heterocycles. The molecule has 0 N–H and O–H groups in total. The Morgan fingerprint density at radius 1 is 1.04 bits per heavy atom. The zero-order valence-electron chi connectivity index (χ0n) is 14.3. The molecule has 1 aliphatic carbocycles. The summed E-state index contributed by atoms with van der Waals surface area (Å²) in [6.07, 6.45) is 11.3. The van der Waals surface area contributed by atoms with E-state index in [1.807, 2.05) is 42.5 Å². The molecule has 3 heterocycles. The van der Waals surface area contributed by atoms with Crippen LogP contribution in [0.3, 0.4) is 0 Å². The molecule has 2 fully saturated rings. The van der Waals surface area contributed by atoms with Crippen LogP contribution in [0.25, 0.3) is 6.08 Å². The maximum absolute atomic E-state index is 6.52. The molecule has 0 amide bonds. The molecule has 4 heteroatoms. The second-order valence-electron chi connectivity index (χ2n) is 7.88. The SMILES string of the molecule is CC1(C)CCC[C@]2(C)O[C@]3(/C=C/c4ccccc4Br)C=CC12OO3. The third-order valence-corrected chi connectivity index (χ3v) is 6.61. The molecular weight excluding hydrogens is 368 g/mol. The summed E-state index contributed by atoms with van der Waals surface area (Å²) in [5, 5.41) is 0. The van der Waals surface area contributed by atoms with Gasteiger partial charge in [0.1, 0.15) is 5.60 Å². The maximum Gasteiger partial charge on any atom is 0.241 e. The molecule has 1 aromatic carbocycles. The predicted molar refractivity (Wildman–Crippen MR) is 97.1 cm³/mol. The van der Waals surface area contributed by atoms with Gasteiger partial charge in [-0.15, -0.1) is 0 Å². The van der Waals surface area contributed by atoms with E-state index in [0.717, 1.165) is 29.3 Å². The monoisotopic (exact) mass is 390 g/mol. The Hall–Kier alpha value is -0.940. The fourth-order valence-corrected chi connectivity index (χ4v) is 4.86. The minimum Gasteiger partial charge on any atom is -0.331 e. The topological polar surface area (TPSA) is 27.7 Å². The van der Waals surface area contributed by atoms with Crippen LogP contribution in [-0.2, 0) is 14.5 Å². The number of rotatable bonds is 2. The number of halogens is 1. The first-order valence-electron chi connectivity index (χ1n) is 8.53. The van der Waals surface area contributed by atoms with Gasteiger partial charge in [0.05, 0.1) is 0 Å². The van der Waals surface area contributed by atoms with E-state index in [0.29, 0.717) is 0 Å². The number of hydrogen-bond donors (Lipinski definition) is 0. The molecule has 1 aromatic rings. The van der Waals surface area contributed by atoms with Gasteiger partial charge in [-0.25, -0.2) is 4.89 Å². The van der Waals surface area contributed by atoms with Crippen molar-refractivity contribution < 1.29 is 14.5 Å². The van der Waals surface area contributed by atoms with E-state index in [1.165, 1.54) is 0 Å². The van der Waals surface area contributed by atoms with Crippen molar-refractivity contribution in [3.63, 3.8) is 0 Å². The lowest BCUT2D eigenvalue weighted by Gasteiger charge is -2.64. The van der Waals surface area contributed by atoms with Gasteiger partial charge in [-0.1, -0.05) is 54.1 Å². The fraction of sp³-hybridized carbons (Fsp3) is 0.500. The van der Waals surface area contributed by atoms with E-state index in [4.69, 9.17) is 14.5 Å². The molecule has 3 nitrogen and oxygen atoms in total. The molecule has 0 radical (unpaired) electrons. The Kier molecular flexibility index (Phi) is 3.63. The van der Waals surface area contributed by atoms with Crippen LogP contribution in [0.1, 0.15) is 45.6 Å². The van der Waals surface area contributed by atoms with Crippen molar-refractivity contribution in [2.45, 2.75) is 57.0 Å². The van der Waals surface area contributed by atoms with Crippen molar-refractivity contribution >= 4 is 22.0 Å². The Bertz CT molecular complexity index is 725. The Balaban J connectivity index is 1.71. The second-order valence-corrected chi connectivity index (χ2v) is 8.74. The van der Waals surface area contributed by atoms with E-state index in [2.05, 4.69) is 42.8 Å². The Morgan fingerprint density at radius 2 is 1.83 bits per heavy atom. The van der Waals surface area contributed by atoms with Gasteiger partial charge in [-0.2, -0.15) is 4.89 Å². The number of fused-ring (bicyclic) bond motifs is 1. The summed E-state index contributed by atoms with van der Waals surface area (Å²) in [5.74, 6) is -0.959. The van der Waals surface area contributed by atoms with Gasteiger partial charge in [0.2, 0.25) is 5.79 Å². The summed E-state index contributed by atoms with van der Waals surface area (Å²) < 4.78 is 7.55. The predicted octanol–water partition coefficient (Wildman–Crippen LogP) is 5.41. The highest BCUT2D eigenvalue weighted by atomic mass is 79.9. The van der Waals surface area contributed by atoms with E-state index >= 15 is 0 Å². The zero-order chi connectivity index (χ0) is 17.1. The summed E-state index contributed by atoms with van der Waals surface area (Å²) >= 11 is 3.57. The molecule has 3 aliphatic heterocycles. The lowest BCUT2D eigenvalue weighted by atomic mass is 9.57. The van der Waals surface area contributed by atoms with Crippen LogP contribution in [0, 0.1) is 5.41 Å². The molecule has 3 atom stereocenters. The van der Waals surface area contributed by atoms with Crippen LogP contribution in [-0.4, -0.2) is 17.0 Å². The van der Waals surface area contributed by atoms with Crippen LogP contribution in [0.5, 0.6) is 0 Å². The lowest BCUT2D eigenvalue weighted by Crippen LogP contribution is -2.73. The highest BCUT2D eigenvalue weighted by molar-refractivity contribution is 9.10. The minimum absolute atomic E-state index is 0.0325. The normalized spacial score (nSPS) is 40.0. The van der Waals surface area contributed by atoms with Crippen LogP contribution >= 0.6 is 15.9 Å². The second kappa shape index (κ2) is 5.28. The van der Waals surface area contributed by atoms with Crippen molar-refractivity contribution in [3.05, 3.63) is 52.5 Å². The quantitative estimate of drug-likeness (QED) is 0.498. The summed E-state index contributed by atoms with van der Waals surface area (Å²) in [5.41, 5.74) is 0.125. The third kappa shape index (κ3) is 2.20. The molecule has 1 spiro atoms. The average molecular weight is 391 g/mol. The molecule has 1 saturated carbocycles. The molecule has 5 rings (SSSR count). The first-order valence-corrected chi connectivity index (χ1v) is 9.32. The minimum atomic E-state index is -0.959. The zero-order valence-corrected chi connectivity index (χ0v) is 15.9. The number of benzene rings is 1. The molecule has 2 bridgehead atoms. The number of ether oxygens (including phenoxy) is 1. The molecule has 1 unspecified atom stereocenters. The lowest BCUT2D eigenvalue weighted by molar-refractivity contribution is -0.540. The van der Waals surface area contributed by atoms with E-state index in [1.54, 1.807) is 0 Å². The summed E-state index contributed by atoms with van der Waals surface area (Å²) in [6.45, 7) is 6.62. The summed E-state index contributed by atoms with van der Waals surface area (Å²) in [6, 6.07) is 8.07. The van der Waals surface area contributed by atoms with Gasteiger partial charge < -0.3 is 4.74 Å². The average Bonchev–Trinajstić information content (AvgIpc) is 2.54. The first kappa shape index (κ1) is 16.5. The molecule has 4 aliphatic rings. The van der Waals surface area contributed by atoms with Gasteiger partial charge in [-0.3, -0.25) is 0 Å². The van der Waals surface area contributed by atoms with E-state index in [9.17, 15) is 0 Å². The largest absolute Gasteiger partial charge is 0.331 e. The Morgan fingerprint density at radius 3 is 2.54 bits per heavy atom. The van der Waals surface area contributed by atoms with Crippen molar-refractivity contribution in [1.29, 1.82) is 0 Å². The van der Waals surface area contributed by atoms with Crippen LogP contribution in [0.4, 0.5) is 0 Å². The molecule has 128 valence electrons. The van der Waals surface area contributed by atoms with Crippen molar-refractivity contribution in [2.75, 3.05) is 0 Å². The van der Waals surface area contributed by atoms with Gasteiger partial charge in [0.25, 0.3) is 0 Å². The molecule has 24 heavy (non-hydrogen) atoms. The van der Waals surface area contributed by atoms with Crippen molar-refractivity contribution in [2.24, 2.45) is 5.41 Å². The smallest absolute Gasteiger partial charge is 0.241 e.